The smallest absolute Gasteiger partial charge is 0.0214 e. The SMILES string of the molecule is CC(C)NCC12CC3CC(C1)CC(N(C)C)(C3)C2. The van der Waals surface area contributed by atoms with Crippen LogP contribution in [0.4, 0.5) is 0 Å². The minimum absolute atomic E-state index is 0.544. The van der Waals surface area contributed by atoms with Crippen molar-refractivity contribution in [2.75, 3.05) is 20.6 Å². The highest BCUT2D eigenvalue weighted by atomic mass is 15.2. The first kappa shape index (κ1) is 12.9. The third-order valence-electron chi connectivity index (χ3n) is 5.99. The fourth-order valence-electron chi connectivity index (χ4n) is 5.55. The van der Waals surface area contributed by atoms with Crippen LogP contribution in [0.5, 0.6) is 0 Å². The largest absolute Gasteiger partial charge is 0.314 e. The summed E-state index contributed by atoms with van der Waals surface area (Å²) in [6.45, 7) is 5.82. The molecule has 4 saturated carbocycles. The Labute approximate surface area is 113 Å². The second-order valence-corrected chi connectivity index (χ2v) is 8.12. The second kappa shape index (κ2) is 4.21. The summed E-state index contributed by atoms with van der Waals surface area (Å²) in [5, 5.41) is 3.74. The van der Waals surface area contributed by atoms with Crippen molar-refractivity contribution < 1.29 is 0 Å². The molecule has 2 atom stereocenters. The van der Waals surface area contributed by atoms with Crippen molar-refractivity contribution in [2.45, 2.75) is 64.0 Å². The summed E-state index contributed by atoms with van der Waals surface area (Å²) in [6.07, 6.45) is 8.91. The molecule has 0 aromatic carbocycles. The van der Waals surface area contributed by atoms with E-state index in [-0.39, 0.29) is 0 Å². The number of hydrogen-bond donors (Lipinski definition) is 1. The summed E-state index contributed by atoms with van der Waals surface area (Å²) in [5.74, 6) is 2.03. The first-order valence-corrected chi connectivity index (χ1v) is 7.84. The maximum atomic E-state index is 3.74. The molecule has 4 bridgehead atoms. The maximum Gasteiger partial charge on any atom is 0.0214 e. The zero-order valence-corrected chi connectivity index (χ0v) is 12.6. The molecule has 4 fully saturated rings. The van der Waals surface area contributed by atoms with Gasteiger partial charge in [0.15, 0.2) is 0 Å². The van der Waals surface area contributed by atoms with Gasteiger partial charge in [0.25, 0.3) is 0 Å². The van der Waals surface area contributed by atoms with Gasteiger partial charge in [0.1, 0.15) is 0 Å². The number of rotatable bonds is 4. The van der Waals surface area contributed by atoms with Gasteiger partial charge in [-0.3, -0.25) is 0 Å². The zero-order chi connectivity index (χ0) is 13.0. The highest BCUT2D eigenvalue weighted by Crippen LogP contribution is 2.62. The molecule has 0 aromatic rings. The van der Waals surface area contributed by atoms with Crippen LogP contribution in [0.3, 0.4) is 0 Å². The van der Waals surface area contributed by atoms with Gasteiger partial charge < -0.3 is 10.2 Å². The van der Waals surface area contributed by atoms with Crippen LogP contribution in [-0.4, -0.2) is 37.1 Å². The van der Waals surface area contributed by atoms with Crippen LogP contribution < -0.4 is 5.32 Å². The topological polar surface area (TPSA) is 15.3 Å². The minimum Gasteiger partial charge on any atom is -0.314 e. The molecule has 0 aliphatic heterocycles. The zero-order valence-electron chi connectivity index (χ0n) is 12.6. The van der Waals surface area contributed by atoms with Gasteiger partial charge in [-0.05, 0) is 69.9 Å². The molecule has 2 nitrogen and oxygen atoms in total. The number of hydrogen-bond acceptors (Lipinski definition) is 2. The first-order valence-electron chi connectivity index (χ1n) is 7.84. The summed E-state index contributed by atoms with van der Waals surface area (Å²) in [7, 11) is 4.63. The molecular formula is C16H30N2. The standard InChI is InChI=1S/C16H30N2/c1-12(2)17-11-15-6-13-5-14(7-15)9-16(8-13,10-15)18(3)4/h12-14,17H,5-11H2,1-4H3. The Morgan fingerprint density at radius 2 is 1.72 bits per heavy atom. The van der Waals surface area contributed by atoms with Crippen LogP contribution in [0.2, 0.25) is 0 Å². The summed E-state index contributed by atoms with van der Waals surface area (Å²) in [4.78, 5) is 2.56. The van der Waals surface area contributed by atoms with Gasteiger partial charge in [-0.1, -0.05) is 13.8 Å². The van der Waals surface area contributed by atoms with Crippen molar-refractivity contribution >= 4 is 0 Å². The Morgan fingerprint density at radius 1 is 1.11 bits per heavy atom. The average Bonchev–Trinajstić information content (AvgIpc) is 2.24. The lowest BCUT2D eigenvalue weighted by atomic mass is 9.46. The highest BCUT2D eigenvalue weighted by molar-refractivity contribution is 5.12. The molecule has 0 spiro atoms. The Morgan fingerprint density at radius 3 is 2.22 bits per heavy atom. The second-order valence-electron chi connectivity index (χ2n) is 8.12. The lowest BCUT2D eigenvalue weighted by molar-refractivity contribution is -0.118. The van der Waals surface area contributed by atoms with E-state index in [1.54, 1.807) is 0 Å². The highest BCUT2D eigenvalue weighted by Gasteiger charge is 2.58. The Bertz CT molecular complexity index is 307. The minimum atomic E-state index is 0.544. The molecule has 4 aliphatic rings. The number of nitrogens with zero attached hydrogens (tertiary/aromatic N) is 1. The van der Waals surface area contributed by atoms with Gasteiger partial charge in [0.2, 0.25) is 0 Å². The van der Waals surface area contributed by atoms with Gasteiger partial charge in [0, 0.05) is 18.1 Å². The third kappa shape index (κ3) is 2.02. The van der Waals surface area contributed by atoms with Crippen LogP contribution in [-0.2, 0) is 0 Å². The van der Waals surface area contributed by atoms with Crippen molar-refractivity contribution in [3.8, 4) is 0 Å². The lowest BCUT2D eigenvalue weighted by Crippen LogP contribution is -2.63. The molecule has 4 rings (SSSR count). The van der Waals surface area contributed by atoms with Crippen molar-refractivity contribution in [2.24, 2.45) is 17.3 Å². The molecule has 4 aliphatic carbocycles. The van der Waals surface area contributed by atoms with E-state index in [2.05, 4.69) is 38.2 Å². The molecule has 0 heterocycles. The molecule has 2 heteroatoms. The molecule has 0 radical (unpaired) electrons. The third-order valence-corrected chi connectivity index (χ3v) is 5.99. The summed E-state index contributed by atoms with van der Waals surface area (Å²) >= 11 is 0. The van der Waals surface area contributed by atoms with E-state index >= 15 is 0 Å². The van der Waals surface area contributed by atoms with Gasteiger partial charge in [-0.2, -0.15) is 0 Å². The van der Waals surface area contributed by atoms with Gasteiger partial charge in [0.05, 0.1) is 0 Å². The van der Waals surface area contributed by atoms with Gasteiger partial charge in [-0.15, -0.1) is 0 Å². The van der Waals surface area contributed by atoms with Crippen LogP contribution >= 0.6 is 0 Å². The Hall–Kier alpha value is -0.0800. The molecule has 0 saturated heterocycles. The monoisotopic (exact) mass is 250 g/mol. The van der Waals surface area contributed by atoms with Crippen molar-refractivity contribution in [1.82, 2.24) is 10.2 Å². The van der Waals surface area contributed by atoms with Crippen molar-refractivity contribution in [1.29, 1.82) is 0 Å². The molecule has 0 amide bonds. The van der Waals surface area contributed by atoms with Crippen LogP contribution in [0, 0.1) is 17.3 Å². The van der Waals surface area contributed by atoms with E-state index in [1.807, 2.05) is 0 Å². The molecule has 1 N–H and O–H groups in total. The molecular weight excluding hydrogens is 220 g/mol. The van der Waals surface area contributed by atoms with Crippen LogP contribution in [0.1, 0.15) is 52.4 Å². The summed E-state index contributed by atoms with van der Waals surface area (Å²) in [5.41, 5.74) is 1.17. The normalized spacial score (nSPS) is 46.3. The molecule has 0 aromatic heterocycles. The van der Waals surface area contributed by atoms with Gasteiger partial charge in [-0.25, -0.2) is 0 Å². The van der Waals surface area contributed by atoms with E-state index < -0.39 is 0 Å². The predicted octanol–water partition coefficient (Wildman–Crippen LogP) is 2.89. The first-order chi connectivity index (χ1) is 8.43. The maximum absolute atomic E-state index is 3.74. The fraction of sp³-hybridized carbons (Fsp3) is 1.00. The van der Waals surface area contributed by atoms with Crippen molar-refractivity contribution in [3.05, 3.63) is 0 Å². The van der Waals surface area contributed by atoms with Crippen LogP contribution in [0.15, 0.2) is 0 Å². The van der Waals surface area contributed by atoms with E-state index in [9.17, 15) is 0 Å². The van der Waals surface area contributed by atoms with E-state index in [4.69, 9.17) is 0 Å². The fourth-order valence-corrected chi connectivity index (χ4v) is 5.55. The van der Waals surface area contributed by atoms with E-state index in [0.717, 1.165) is 11.8 Å². The summed E-state index contributed by atoms with van der Waals surface area (Å²) < 4.78 is 0. The molecule has 2 unspecified atom stereocenters. The quantitative estimate of drug-likeness (QED) is 0.825. The van der Waals surface area contributed by atoms with Crippen LogP contribution in [0.25, 0.3) is 0 Å². The lowest BCUT2D eigenvalue weighted by Gasteiger charge is -2.64. The number of nitrogens with one attached hydrogen (secondary N) is 1. The van der Waals surface area contributed by atoms with E-state index in [1.165, 1.54) is 45.1 Å². The molecule has 104 valence electrons. The summed E-state index contributed by atoms with van der Waals surface area (Å²) in [6, 6.07) is 0.633. The van der Waals surface area contributed by atoms with Gasteiger partial charge >= 0.3 is 0 Å². The average molecular weight is 250 g/mol. The Balaban J connectivity index is 1.80. The molecule has 18 heavy (non-hydrogen) atoms. The van der Waals surface area contributed by atoms with Crippen molar-refractivity contribution in [3.63, 3.8) is 0 Å². The van der Waals surface area contributed by atoms with E-state index in [0.29, 0.717) is 17.0 Å². The predicted molar refractivity (Wildman–Crippen MR) is 76.7 cm³/mol. The Kier molecular flexibility index (Phi) is 3.02.